The molecule has 0 spiro atoms. The third kappa shape index (κ3) is 4.34. The summed E-state index contributed by atoms with van der Waals surface area (Å²) in [6, 6.07) is 12.6. The van der Waals surface area contributed by atoms with Crippen molar-refractivity contribution in [3.63, 3.8) is 0 Å². The van der Waals surface area contributed by atoms with Crippen molar-refractivity contribution in [3.8, 4) is 11.1 Å². The van der Waals surface area contributed by atoms with Crippen molar-refractivity contribution in [2.75, 3.05) is 31.2 Å². The van der Waals surface area contributed by atoms with Gasteiger partial charge in [0.15, 0.2) is 0 Å². The molecule has 1 fully saturated rings. The molecule has 0 aromatic heterocycles. The average Bonchev–Trinajstić information content (AvgIpc) is 2.91. The van der Waals surface area contributed by atoms with Gasteiger partial charge in [0.25, 0.3) is 5.91 Å². The number of amides is 3. The summed E-state index contributed by atoms with van der Waals surface area (Å²) < 4.78 is 0. The predicted molar refractivity (Wildman–Crippen MR) is 121 cm³/mol. The van der Waals surface area contributed by atoms with Crippen LogP contribution in [0.1, 0.15) is 23.2 Å². The molecule has 9 heteroatoms. The van der Waals surface area contributed by atoms with Crippen LogP contribution in [0, 0.1) is 0 Å². The lowest BCUT2D eigenvalue weighted by Gasteiger charge is -2.39. The first kappa shape index (κ1) is 21.9. The van der Waals surface area contributed by atoms with Gasteiger partial charge in [0, 0.05) is 24.4 Å². The number of carbonyl (C=O) groups excluding carboxylic acids is 3. The number of nitrogens with zero attached hydrogens (tertiary/aromatic N) is 2. The van der Waals surface area contributed by atoms with E-state index in [0.29, 0.717) is 11.3 Å². The Labute approximate surface area is 189 Å². The standard InChI is InChI=1S/C23H23N3O5S/c1-32-16-5-2-14(3-6-16)15-4-7-18-17(12-15)23(31)26-11-10-25(13-19(26)22(30)24-18)20(27)8-9-21(28)29/h2-7,12,19H,8-11,13H2,1H3,(H,24,30)(H,28,29)/t19-/m0/s1. The lowest BCUT2D eigenvalue weighted by Crippen LogP contribution is -2.59. The van der Waals surface area contributed by atoms with Gasteiger partial charge < -0.3 is 20.2 Å². The zero-order valence-electron chi connectivity index (χ0n) is 17.5. The van der Waals surface area contributed by atoms with Gasteiger partial charge in [0.1, 0.15) is 6.04 Å². The van der Waals surface area contributed by atoms with Gasteiger partial charge in [0.05, 0.1) is 24.2 Å². The first-order valence-electron chi connectivity index (χ1n) is 10.3. The van der Waals surface area contributed by atoms with Crippen LogP contribution in [0.5, 0.6) is 0 Å². The van der Waals surface area contributed by atoms with Crippen LogP contribution < -0.4 is 5.32 Å². The van der Waals surface area contributed by atoms with Crippen molar-refractivity contribution in [1.29, 1.82) is 0 Å². The quantitative estimate of drug-likeness (QED) is 0.674. The molecule has 1 saturated heterocycles. The number of piperazine rings is 1. The number of hydrogen-bond acceptors (Lipinski definition) is 5. The number of aliphatic carboxylic acids is 1. The summed E-state index contributed by atoms with van der Waals surface area (Å²) in [4.78, 5) is 53.4. The van der Waals surface area contributed by atoms with Crippen molar-refractivity contribution in [2.24, 2.45) is 0 Å². The Morgan fingerprint density at radius 3 is 2.47 bits per heavy atom. The van der Waals surface area contributed by atoms with E-state index >= 15 is 0 Å². The number of benzene rings is 2. The Morgan fingerprint density at radius 1 is 1.06 bits per heavy atom. The van der Waals surface area contributed by atoms with E-state index in [0.717, 1.165) is 16.0 Å². The van der Waals surface area contributed by atoms with Gasteiger partial charge >= 0.3 is 5.97 Å². The third-order valence-corrected chi connectivity index (χ3v) is 6.52. The van der Waals surface area contributed by atoms with Crippen molar-refractivity contribution < 1.29 is 24.3 Å². The Kier molecular flexibility index (Phi) is 6.18. The summed E-state index contributed by atoms with van der Waals surface area (Å²) in [5.74, 6) is -1.99. The number of carboxylic acids is 1. The number of hydrogen-bond donors (Lipinski definition) is 2. The molecule has 0 unspecified atom stereocenters. The molecule has 4 rings (SSSR count). The van der Waals surface area contributed by atoms with E-state index in [-0.39, 0.29) is 50.2 Å². The molecule has 0 saturated carbocycles. The van der Waals surface area contributed by atoms with Gasteiger partial charge in [-0.2, -0.15) is 0 Å². The second kappa shape index (κ2) is 9.04. The third-order valence-electron chi connectivity index (χ3n) is 5.78. The molecular weight excluding hydrogens is 430 g/mol. The molecule has 3 amide bonds. The number of anilines is 1. The van der Waals surface area contributed by atoms with E-state index in [1.165, 1.54) is 9.80 Å². The smallest absolute Gasteiger partial charge is 0.303 e. The summed E-state index contributed by atoms with van der Waals surface area (Å²) in [5.41, 5.74) is 2.71. The summed E-state index contributed by atoms with van der Waals surface area (Å²) in [7, 11) is 0. The molecule has 166 valence electrons. The van der Waals surface area contributed by atoms with Crippen LogP contribution in [0.2, 0.25) is 0 Å². The van der Waals surface area contributed by atoms with E-state index in [1.807, 2.05) is 36.6 Å². The molecule has 0 aliphatic carbocycles. The molecule has 2 aromatic carbocycles. The van der Waals surface area contributed by atoms with Crippen LogP contribution in [-0.2, 0) is 14.4 Å². The van der Waals surface area contributed by atoms with Gasteiger partial charge in [0.2, 0.25) is 11.8 Å². The Morgan fingerprint density at radius 2 is 1.78 bits per heavy atom. The number of thioether (sulfide) groups is 1. The molecule has 2 heterocycles. The second-order valence-electron chi connectivity index (χ2n) is 7.73. The topological polar surface area (TPSA) is 107 Å². The average molecular weight is 454 g/mol. The monoisotopic (exact) mass is 453 g/mol. The van der Waals surface area contributed by atoms with Crippen molar-refractivity contribution in [2.45, 2.75) is 23.8 Å². The molecule has 2 aliphatic rings. The molecule has 0 radical (unpaired) electrons. The molecule has 2 N–H and O–H groups in total. The highest BCUT2D eigenvalue weighted by molar-refractivity contribution is 7.98. The number of fused-ring (bicyclic) bond motifs is 2. The highest BCUT2D eigenvalue weighted by Gasteiger charge is 2.40. The highest BCUT2D eigenvalue weighted by Crippen LogP contribution is 2.31. The number of nitrogens with one attached hydrogen (secondary N) is 1. The Hall–Kier alpha value is -3.33. The van der Waals surface area contributed by atoms with E-state index < -0.39 is 12.0 Å². The van der Waals surface area contributed by atoms with Crippen molar-refractivity contribution in [3.05, 3.63) is 48.0 Å². The fourth-order valence-electron chi connectivity index (χ4n) is 4.01. The van der Waals surface area contributed by atoms with Gasteiger partial charge in [-0.15, -0.1) is 11.8 Å². The van der Waals surface area contributed by atoms with E-state index in [4.69, 9.17) is 5.11 Å². The van der Waals surface area contributed by atoms with E-state index in [1.54, 1.807) is 23.9 Å². The fourth-order valence-corrected chi connectivity index (χ4v) is 4.42. The summed E-state index contributed by atoms with van der Waals surface area (Å²) in [5, 5.41) is 11.6. The fraction of sp³-hybridized carbons (Fsp3) is 0.304. The minimum absolute atomic E-state index is 0.0486. The molecule has 1 atom stereocenters. The molecule has 0 bridgehead atoms. The van der Waals surface area contributed by atoms with Crippen LogP contribution in [0.4, 0.5) is 5.69 Å². The Balaban J connectivity index is 1.57. The largest absolute Gasteiger partial charge is 0.481 e. The lowest BCUT2D eigenvalue weighted by molar-refractivity contribution is -0.142. The SMILES string of the molecule is CSc1ccc(-c2ccc3c(c2)C(=O)N2CCN(C(=O)CCC(=O)O)C[C@H]2C(=O)N3)cc1. The van der Waals surface area contributed by atoms with Gasteiger partial charge in [-0.3, -0.25) is 19.2 Å². The van der Waals surface area contributed by atoms with Crippen molar-refractivity contribution in [1.82, 2.24) is 9.80 Å². The van der Waals surface area contributed by atoms with Crippen molar-refractivity contribution >= 4 is 41.1 Å². The zero-order chi connectivity index (χ0) is 22.8. The predicted octanol–water partition coefficient (Wildman–Crippen LogP) is 2.55. The Bertz CT molecular complexity index is 1090. The van der Waals surface area contributed by atoms with Crippen LogP contribution in [0.25, 0.3) is 11.1 Å². The van der Waals surface area contributed by atoms with Crippen LogP contribution >= 0.6 is 11.8 Å². The maximum atomic E-state index is 13.3. The summed E-state index contributed by atoms with van der Waals surface area (Å²) in [6.07, 6.45) is 1.62. The van der Waals surface area contributed by atoms with Gasteiger partial charge in [-0.05, 0) is 41.6 Å². The summed E-state index contributed by atoms with van der Waals surface area (Å²) in [6.45, 7) is 0.522. The number of carboxylic acid groups (broad SMARTS) is 1. The molecule has 2 aliphatic heterocycles. The summed E-state index contributed by atoms with van der Waals surface area (Å²) >= 11 is 1.65. The second-order valence-corrected chi connectivity index (χ2v) is 8.61. The van der Waals surface area contributed by atoms with Gasteiger partial charge in [-0.1, -0.05) is 18.2 Å². The van der Waals surface area contributed by atoms with E-state index in [9.17, 15) is 19.2 Å². The highest BCUT2D eigenvalue weighted by atomic mass is 32.2. The molecular formula is C23H23N3O5S. The number of rotatable bonds is 5. The first-order chi connectivity index (χ1) is 15.4. The first-order valence-corrected chi connectivity index (χ1v) is 11.5. The molecule has 32 heavy (non-hydrogen) atoms. The van der Waals surface area contributed by atoms with Crippen LogP contribution in [-0.4, -0.2) is 70.5 Å². The normalized spacial score (nSPS) is 17.8. The molecule has 2 aromatic rings. The minimum atomic E-state index is -1.05. The zero-order valence-corrected chi connectivity index (χ0v) is 18.4. The minimum Gasteiger partial charge on any atom is -0.481 e. The van der Waals surface area contributed by atoms with Crippen LogP contribution in [0.15, 0.2) is 47.4 Å². The maximum Gasteiger partial charge on any atom is 0.303 e. The molecule has 8 nitrogen and oxygen atoms in total. The van der Waals surface area contributed by atoms with Crippen LogP contribution in [0.3, 0.4) is 0 Å². The lowest BCUT2D eigenvalue weighted by atomic mass is 10.0. The van der Waals surface area contributed by atoms with E-state index in [2.05, 4.69) is 5.32 Å². The number of carbonyl (C=O) groups is 4. The van der Waals surface area contributed by atoms with Gasteiger partial charge in [-0.25, -0.2) is 0 Å². The maximum absolute atomic E-state index is 13.3.